The number of nitrogens with zero attached hydrogens (tertiary/aromatic N) is 2. The van der Waals surface area contributed by atoms with Crippen molar-refractivity contribution in [1.29, 1.82) is 0 Å². The molecule has 0 aliphatic rings. The second kappa shape index (κ2) is 14.1. The second-order valence-corrected chi connectivity index (χ2v) is 12.5. The van der Waals surface area contributed by atoms with Crippen LogP contribution in [0.1, 0.15) is 38.3 Å². The van der Waals surface area contributed by atoms with Crippen LogP contribution in [0.3, 0.4) is 0 Å². The minimum atomic E-state index is -4.21. The van der Waals surface area contributed by atoms with E-state index in [0.29, 0.717) is 21.4 Å². The molecule has 3 rings (SSSR count). The number of sulfonamides is 1. The van der Waals surface area contributed by atoms with Crippen molar-refractivity contribution < 1.29 is 22.7 Å². The molecule has 41 heavy (non-hydrogen) atoms. The Balaban J connectivity index is 2.12. The summed E-state index contributed by atoms with van der Waals surface area (Å²) in [5.74, 6) is -0.555. The first-order valence-electron chi connectivity index (χ1n) is 13.1. The van der Waals surface area contributed by atoms with Gasteiger partial charge in [0.05, 0.1) is 17.7 Å². The van der Waals surface area contributed by atoms with Gasteiger partial charge in [-0.15, -0.1) is 0 Å². The summed E-state index contributed by atoms with van der Waals surface area (Å²) in [5, 5.41) is 3.51. The van der Waals surface area contributed by atoms with E-state index in [0.717, 1.165) is 9.87 Å². The first-order chi connectivity index (χ1) is 19.4. The molecule has 2 amide bonds. The molecule has 3 aromatic rings. The summed E-state index contributed by atoms with van der Waals surface area (Å²) in [7, 11) is -2.74. The van der Waals surface area contributed by atoms with Crippen molar-refractivity contribution >= 4 is 50.7 Å². The van der Waals surface area contributed by atoms with Gasteiger partial charge in [-0.3, -0.25) is 13.9 Å². The summed E-state index contributed by atoms with van der Waals surface area (Å²) in [6, 6.07) is 16.7. The van der Waals surface area contributed by atoms with Crippen molar-refractivity contribution in [1.82, 2.24) is 10.2 Å². The van der Waals surface area contributed by atoms with Gasteiger partial charge >= 0.3 is 0 Å². The number of carbonyl (C=O) groups is 2. The van der Waals surface area contributed by atoms with E-state index in [-0.39, 0.29) is 35.5 Å². The highest BCUT2D eigenvalue weighted by molar-refractivity contribution is 7.92. The summed E-state index contributed by atoms with van der Waals surface area (Å²) in [4.78, 5) is 28.8. The van der Waals surface area contributed by atoms with Gasteiger partial charge in [-0.05, 0) is 63.6 Å². The number of anilines is 1. The molecule has 0 spiro atoms. The van der Waals surface area contributed by atoms with Crippen LogP contribution in [0.2, 0.25) is 10.0 Å². The smallest absolute Gasteiger partial charge is 0.264 e. The number of methoxy groups -OCH3 is 1. The van der Waals surface area contributed by atoms with Crippen LogP contribution in [-0.4, -0.2) is 50.9 Å². The Hall–Kier alpha value is -3.27. The maximum Gasteiger partial charge on any atom is 0.264 e. The topological polar surface area (TPSA) is 96.0 Å². The zero-order valence-electron chi connectivity index (χ0n) is 23.7. The molecule has 1 N–H and O–H groups in total. The number of hydrogen-bond acceptors (Lipinski definition) is 5. The van der Waals surface area contributed by atoms with Crippen molar-refractivity contribution in [2.45, 2.75) is 57.6 Å². The largest absolute Gasteiger partial charge is 0.497 e. The van der Waals surface area contributed by atoms with Crippen molar-refractivity contribution in [3.63, 3.8) is 0 Å². The zero-order valence-corrected chi connectivity index (χ0v) is 26.1. The van der Waals surface area contributed by atoms with Gasteiger partial charge in [0.25, 0.3) is 10.0 Å². The molecule has 1 unspecified atom stereocenters. The van der Waals surface area contributed by atoms with Gasteiger partial charge in [-0.25, -0.2) is 8.42 Å². The van der Waals surface area contributed by atoms with E-state index in [4.69, 9.17) is 27.9 Å². The highest BCUT2D eigenvalue weighted by Gasteiger charge is 2.34. The number of benzene rings is 3. The van der Waals surface area contributed by atoms with Crippen molar-refractivity contribution in [2.24, 2.45) is 0 Å². The molecular formula is C30H35Cl2N3O5S. The van der Waals surface area contributed by atoms with E-state index < -0.39 is 28.5 Å². The van der Waals surface area contributed by atoms with Crippen LogP contribution < -0.4 is 14.4 Å². The average Bonchev–Trinajstić information content (AvgIpc) is 2.92. The Kier molecular flexibility index (Phi) is 11.1. The lowest BCUT2D eigenvalue weighted by atomic mass is 10.1. The molecule has 1 atom stereocenters. The summed E-state index contributed by atoms with van der Waals surface area (Å²) in [5.41, 5.74) is 1.57. The van der Waals surface area contributed by atoms with Gasteiger partial charge in [0.1, 0.15) is 18.3 Å². The Labute approximate surface area is 252 Å². The number of rotatable bonds is 12. The molecule has 3 aromatic carbocycles. The van der Waals surface area contributed by atoms with E-state index in [2.05, 4.69) is 5.32 Å². The lowest BCUT2D eigenvalue weighted by Crippen LogP contribution is -2.53. The average molecular weight is 621 g/mol. The minimum absolute atomic E-state index is 0.0176. The van der Waals surface area contributed by atoms with E-state index >= 15 is 0 Å². The van der Waals surface area contributed by atoms with E-state index in [1.165, 1.54) is 30.2 Å². The monoisotopic (exact) mass is 619 g/mol. The van der Waals surface area contributed by atoms with Crippen molar-refractivity contribution in [2.75, 3.05) is 18.0 Å². The molecule has 8 nitrogen and oxygen atoms in total. The summed E-state index contributed by atoms with van der Waals surface area (Å²) < 4.78 is 34.3. The predicted molar refractivity (Wildman–Crippen MR) is 163 cm³/mol. The molecule has 0 fully saturated rings. The molecule has 0 saturated heterocycles. The number of amides is 2. The van der Waals surface area contributed by atoms with Crippen molar-refractivity contribution in [3.8, 4) is 5.75 Å². The number of hydrogen-bond donors (Lipinski definition) is 1. The van der Waals surface area contributed by atoms with Gasteiger partial charge in [-0.2, -0.15) is 0 Å². The van der Waals surface area contributed by atoms with Gasteiger partial charge in [0.2, 0.25) is 11.8 Å². The van der Waals surface area contributed by atoms with Gasteiger partial charge in [0.15, 0.2) is 0 Å². The summed E-state index contributed by atoms with van der Waals surface area (Å²) in [6.45, 7) is 6.59. The summed E-state index contributed by atoms with van der Waals surface area (Å²) >= 11 is 12.9. The Morgan fingerprint density at radius 2 is 1.59 bits per heavy atom. The molecule has 0 aliphatic carbocycles. The number of nitrogens with one attached hydrogen (secondary N) is 1. The zero-order chi connectivity index (χ0) is 30.3. The predicted octanol–water partition coefficient (Wildman–Crippen LogP) is 5.84. The third-order valence-electron chi connectivity index (χ3n) is 6.44. The molecule has 0 radical (unpaired) electrons. The number of carbonyl (C=O) groups excluding carboxylic acids is 2. The Bertz CT molecular complexity index is 1460. The van der Waals surface area contributed by atoms with E-state index in [1.54, 1.807) is 55.5 Å². The highest BCUT2D eigenvalue weighted by Crippen LogP contribution is 2.30. The fourth-order valence-electron chi connectivity index (χ4n) is 4.29. The van der Waals surface area contributed by atoms with Crippen LogP contribution in [0.5, 0.6) is 5.75 Å². The number of ether oxygens (including phenoxy) is 1. The standard InChI is InChI=1S/C30H35Cl2N3O5S/c1-6-28(30(37)33-20(2)3)34(18-25-26(31)11-8-12-27(25)32)29(36)19-35(22-9-7-10-23(17-22)40-5)41(38,39)24-15-13-21(4)14-16-24/h7-17,20,28H,6,18-19H2,1-5H3,(H,33,37). The Morgan fingerprint density at radius 1 is 0.976 bits per heavy atom. The fraction of sp³-hybridized carbons (Fsp3) is 0.333. The van der Waals surface area contributed by atoms with E-state index in [9.17, 15) is 18.0 Å². The molecule has 0 aliphatic heterocycles. The minimum Gasteiger partial charge on any atom is -0.497 e. The molecule has 11 heteroatoms. The maximum absolute atomic E-state index is 14.2. The first-order valence-corrected chi connectivity index (χ1v) is 15.3. The van der Waals surface area contributed by atoms with Gasteiger partial charge in [-0.1, -0.05) is 60.0 Å². The van der Waals surface area contributed by atoms with Crippen LogP contribution in [0.4, 0.5) is 5.69 Å². The molecular weight excluding hydrogens is 585 g/mol. The number of aryl methyl sites for hydroxylation is 1. The third kappa shape index (κ3) is 7.93. The lowest BCUT2D eigenvalue weighted by Gasteiger charge is -2.34. The first kappa shape index (κ1) is 32.2. The highest BCUT2D eigenvalue weighted by atomic mass is 35.5. The van der Waals surface area contributed by atoms with Gasteiger partial charge < -0.3 is 15.0 Å². The summed E-state index contributed by atoms with van der Waals surface area (Å²) in [6.07, 6.45) is 0.274. The van der Waals surface area contributed by atoms with Crippen LogP contribution >= 0.6 is 23.2 Å². The van der Waals surface area contributed by atoms with Crippen molar-refractivity contribution in [3.05, 3.63) is 87.9 Å². The quantitative estimate of drug-likeness (QED) is 0.275. The third-order valence-corrected chi connectivity index (χ3v) is 8.93. The molecule has 0 bridgehead atoms. The van der Waals surface area contributed by atoms with Gasteiger partial charge in [0, 0.05) is 34.3 Å². The van der Waals surface area contributed by atoms with Crippen LogP contribution in [0.25, 0.3) is 0 Å². The molecule has 0 heterocycles. The number of halogens is 2. The van der Waals surface area contributed by atoms with E-state index in [1.807, 2.05) is 20.8 Å². The second-order valence-electron chi connectivity index (χ2n) is 9.84. The fourth-order valence-corrected chi connectivity index (χ4v) is 6.21. The molecule has 0 saturated carbocycles. The SMILES string of the molecule is CCC(C(=O)NC(C)C)N(Cc1c(Cl)cccc1Cl)C(=O)CN(c1cccc(OC)c1)S(=O)(=O)c1ccc(C)cc1. The van der Waals surface area contributed by atoms with Crippen LogP contribution in [0, 0.1) is 6.92 Å². The van der Waals surface area contributed by atoms with Crippen LogP contribution in [-0.2, 0) is 26.2 Å². The van der Waals surface area contributed by atoms with Crippen LogP contribution in [0.15, 0.2) is 71.6 Å². The lowest BCUT2D eigenvalue weighted by molar-refractivity contribution is -0.140. The maximum atomic E-state index is 14.2. The molecule has 0 aromatic heterocycles. The Morgan fingerprint density at radius 3 is 2.15 bits per heavy atom. The normalized spacial score (nSPS) is 12.1. The molecule has 220 valence electrons.